The molecular weight excluding hydrogens is 322 g/mol. The summed E-state index contributed by atoms with van der Waals surface area (Å²) in [6.07, 6.45) is 0.569. The zero-order chi connectivity index (χ0) is 19.3. The van der Waals surface area contributed by atoms with Crippen molar-refractivity contribution in [2.45, 2.75) is 72.3 Å². The van der Waals surface area contributed by atoms with Gasteiger partial charge in [0.2, 0.25) is 11.8 Å². The van der Waals surface area contributed by atoms with Crippen molar-refractivity contribution in [1.29, 1.82) is 0 Å². The summed E-state index contributed by atoms with van der Waals surface area (Å²) >= 11 is 0. The average Bonchev–Trinajstić information content (AvgIpc) is 2.93. The lowest BCUT2D eigenvalue weighted by atomic mass is 9.88. The molecule has 1 aromatic heterocycles. The summed E-state index contributed by atoms with van der Waals surface area (Å²) < 4.78 is 5.21. The van der Waals surface area contributed by atoms with Crippen molar-refractivity contribution in [3.63, 3.8) is 0 Å². The Morgan fingerprint density at radius 2 is 1.84 bits per heavy atom. The van der Waals surface area contributed by atoms with E-state index in [2.05, 4.69) is 15.8 Å². The Morgan fingerprint density at radius 1 is 1.20 bits per heavy atom. The van der Waals surface area contributed by atoms with Crippen LogP contribution in [0.1, 0.15) is 66.6 Å². The first-order valence-corrected chi connectivity index (χ1v) is 8.64. The molecule has 3 N–H and O–H groups in total. The molecule has 0 saturated carbocycles. The fourth-order valence-corrected chi connectivity index (χ4v) is 2.01. The van der Waals surface area contributed by atoms with Crippen LogP contribution in [0, 0.1) is 5.41 Å². The standard InChI is InChI=1S/C18H31N3O4/c1-17(2,3)12-11-13(21-25-12)20-14(22)9-7-8-10-19-16(24)15(23)18(4,5)6/h11,15,23H,7-10H2,1-6H3,(H,19,24)(H,20,21,22). The molecule has 1 atom stereocenters. The number of rotatable bonds is 7. The van der Waals surface area contributed by atoms with Gasteiger partial charge >= 0.3 is 0 Å². The van der Waals surface area contributed by atoms with E-state index >= 15 is 0 Å². The first-order valence-electron chi connectivity index (χ1n) is 8.64. The SMILES string of the molecule is CC(C)(C)c1cc(NC(=O)CCCCNC(=O)C(O)C(C)(C)C)no1. The van der Waals surface area contributed by atoms with Crippen LogP contribution in [-0.2, 0) is 15.0 Å². The van der Waals surface area contributed by atoms with E-state index in [0.29, 0.717) is 37.4 Å². The van der Waals surface area contributed by atoms with E-state index in [-0.39, 0.29) is 17.2 Å². The maximum Gasteiger partial charge on any atom is 0.249 e. The lowest BCUT2D eigenvalue weighted by Gasteiger charge is -2.24. The highest BCUT2D eigenvalue weighted by Crippen LogP contribution is 2.24. The van der Waals surface area contributed by atoms with Crippen molar-refractivity contribution >= 4 is 17.6 Å². The predicted octanol–water partition coefficient (Wildman–Crippen LogP) is 2.60. The van der Waals surface area contributed by atoms with Crippen LogP contribution in [-0.4, -0.2) is 34.7 Å². The van der Waals surface area contributed by atoms with Gasteiger partial charge in [-0.15, -0.1) is 0 Å². The summed E-state index contributed by atoms with van der Waals surface area (Å²) in [5, 5.41) is 19.1. The zero-order valence-electron chi connectivity index (χ0n) is 16.1. The van der Waals surface area contributed by atoms with Gasteiger partial charge in [-0.05, 0) is 18.3 Å². The molecule has 1 rings (SSSR count). The van der Waals surface area contributed by atoms with E-state index in [0.717, 1.165) is 0 Å². The van der Waals surface area contributed by atoms with Crippen LogP contribution in [0.3, 0.4) is 0 Å². The molecule has 0 aliphatic rings. The van der Waals surface area contributed by atoms with E-state index in [9.17, 15) is 14.7 Å². The highest BCUT2D eigenvalue weighted by Gasteiger charge is 2.28. The molecule has 2 amide bonds. The Bertz CT molecular complexity index is 582. The third-order valence-corrected chi connectivity index (χ3v) is 3.72. The number of carbonyl (C=O) groups is 2. The Kier molecular flexibility index (Phi) is 7.17. The van der Waals surface area contributed by atoms with Crippen molar-refractivity contribution in [2.75, 3.05) is 11.9 Å². The number of hydrogen-bond acceptors (Lipinski definition) is 5. The number of hydrogen-bond donors (Lipinski definition) is 3. The summed E-state index contributed by atoms with van der Waals surface area (Å²) in [6, 6.07) is 1.73. The molecular formula is C18H31N3O4. The highest BCUT2D eigenvalue weighted by atomic mass is 16.5. The molecule has 1 heterocycles. The third kappa shape index (κ3) is 7.25. The number of unbranched alkanes of at least 4 members (excludes halogenated alkanes) is 1. The summed E-state index contributed by atoms with van der Waals surface area (Å²) in [6.45, 7) is 11.8. The van der Waals surface area contributed by atoms with Gasteiger partial charge in [-0.3, -0.25) is 9.59 Å². The van der Waals surface area contributed by atoms with Crippen LogP contribution in [0.15, 0.2) is 10.6 Å². The molecule has 25 heavy (non-hydrogen) atoms. The average molecular weight is 353 g/mol. The summed E-state index contributed by atoms with van der Waals surface area (Å²) in [4.78, 5) is 23.6. The van der Waals surface area contributed by atoms with E-state index in [1.807, 2.05) is 20.8 Å². The van der Waals surface area contributed by atoms with Gasteiger partial charge in [0, 0.05) is 24.4 Å². The van der Waals surface area contributed by atoms with Crippen molar-refractivity contribution in [3.8, 4) is 0 Å². The Morgan fingerprint density at radius 3 is 2.36 bits per heavy atom. The molecule has 1 unspecified atom stereocenters. The smallest absolute Gasteiger partial charge is 0.249 e. The van der Waals surface area contributed by atoms with Gasteiger partial charge in [0.15, 0.2) is 5.82 Å². The van der Waals surface area contributed by atoms with Crippen molar-refractivity contribution in [2.24, 2.45) is 5.41 Å². The summed E-state index contributed by atoms with van der Waals surface area (Å²) in [7, 11) is 0. The molecule has 0 aliphatic carbocycles. The molecule has 0 saturated heterocycles. The van der Waals surface area contributed by atoms with Gasteiger partial charge in [-0.25, -0.2) is 0 Å². The van der Waals surface area contributed by atoms with Crippen LogP contribution >= 0.6 is 0 Å². The van der Waals surface area contributed by atoms with Crippen LogP contribution in [0.4, 0.5) is 5.82 Å². The highest BCUT2D eigenvalue weighted by molar-refractivity contribution is 5.89. The van der Waals surface area contributed by atoms with Crippen molar-refractivity contribution in [1.82, 2.24) is 10.5 Å². The minimum absolute atomic E-state index is 0.144. The Hall–Kier alpha value is -1.89. The van der Waals surface area contributed by atoms with E-state index in [1.165, 1.54) is 0 Å². The Balaban J connectivity index is 2.25. The lowest BCUT2D eigenvalue weighted by Crippen LogP contribution is -2.42. The number of nitrogens with zero attached hydrogens (tertiary/aromatic N) is 1. The van der Waals surface area contributed by atoms with Crippen LogP contribution in [0.2, 0.25) is 0 Å². The third-order valence-electron chi connectivity index (χ3n) is 3.72. The van der Waals surface area contributed by atoms with Gasteiger partial charge in [-0.1, -0.05) is 46.7 Å². The fraction of sp³-hybridized carbons (Fsp3) is 0.722. The number of nitrogens with one attached hydrogen (secondary N) is 2. The van der Waals surface area contributed by atoms with Gasteiger partial charge in [0.05, 0.1) is 0 Å². The normalized spacial score (nSPS) is 13.4. The second kappa shape index (κ2) is 8.47. The van der Waals surface area contributed by atoms with Crippen LogP contribution < -0.4 is 10.6 Å². The maximum atomic E-state index is 11.9. The summed E-state index contributed by atoms with van der Waals surface area (Å²) in [5.74, 6) is 0.600. The minimum Gasteiger partial charge on any atom is -0.383 e. The van der Waals surface area contributed by atoms with Gasteiger partial charge in [-0.2, -0.15) is 0 Å². The summed E-state index contributed by atoms with van der Waals surface area (Å²) in [5.41, 5.74) is -0.653. The number of carbonyl (C=O) groups excluding carboxylic acids is 2. The number of aromatic nitrogens is 1. The monoisotopic (exact) mass is 353 g/mol. The molecule has 0 aliphatic heterocycles. The van der Waals surface area contributed by atoms with E-state index in [1.54, 1.807) is 26.8 Å². The van der Waals surface area contributed by atoms with Crippen molar-refractivity contribution < 1.29 is 19.2 Å². The molecule has 0 radical (unpaired) electrons. The topological polar surface area (TPSA) is 104 Å². The zero-order valence-corrected chi connectivity index (χ0v) is 16.1. The second-order valence-corrected chi connectivity index (χ2v) is 8.39. The quantitative estimate of drug-likeness (QED) is 0.654. The molecule has 1 aromatic rings. The van der Waals surface area contributed by atoms with Crippen LogP contribution in [0.5, 0.6) is 0 Å². The van der Waals surface area contributed by atoms with Crippen LogP contribution in [0.25, 0.3) is 0 Å². The molecule has 142 valence electrons. The molecule has 7 heteroatoms. The number of anilines is 1. The lowest BCUT2D eigenvalue weighted by molar-refractivity contribution is -0.134. The van der Waals surface area contributed by atoms with Crippen molar-refractivity contribution in [3.05, 3.63) is 11.8 Å². The van der Waals surface area contributed by atoms with Gasteiger partial charge < -0.3 is 20.3 Å². The number of aliphatic hydroxyl groups is 1. The number of aliphatic hydroxyl groups excluding tert-OH is 1. The van der Waals surface area contributed by atoms with Gasteiger partial charge in [0.1, 0.15) is 11.9 Å². The first kappa shape index (κ1) is 21.2. The van der Waals surface area contributed by atoms with E-state index in [4.69, 9.17) is 4.52 Å². The Labute approximate surface area is 149 Å². The molecule has 0 fully saturated rings. The first-order chi connectivity index (χ1) is 11.4. The predicted molar refractivity (Wildman–Crippen MR) is 96.2 cm³/mol. The molecule has 7 nitrogen and oxygen atoms in total. The second-order valence-electron chi connectivity index (χ2n) is 8.39. The minimum atomic E-state index is -1.04. The largest absolute Gasteiger partial charge is 0.383 e. The van der Waals surface area contributed by atoms with Gasteiger partial charge in [0.25, 0.3) is 0 Å². The number of amides is 2. The maximum absolute atomic E-state index is 11.9. The molecule has 0 aromatic carbocycles. The molecule has 0 spiro atoms. The fourth-order valence-electron chi connectivity index (χ4n) is 2.01. The van der Waals surface area contributed by atoms with E-state index < -0.39 is 11.5 Å². The molecule has 0 bridgehead atoms.